The first-order valence-electron chi connectivity index (χ1n) is 6.15. The van der Waals surface area contributed by atoms with Gasteiger partial charge in [0.2, 0.25) is 0 Å². The van der Waals surface area contributed by atoms with E-state index in [1.165, 1.54) is 0 Å². The maximum Gasteiger partial charge on any atom is 0.321 e. The summed E-state index contributed by atoms with van der Waals surface area (Å²) in [6.45, 7) is 14.9. The second-order valence-corrected chi connectivity index (χ2v) is 7.51. The van der Waals surface area contributed by atoms with E-state index in [2.05, 4.69) is 41.5 Å². The second-order valence-electron chi connectivity index (χ2n) is 5.51. The van der Waals surface area contributed by atoms with Crippen LogP contribution in [-0.2, 0) is 8.85 Å². The smallest absolute Gasteiger partial charge is 0.321 e. The molecule has 0 atom stereocenters. The fourth-order valence-electron chi connectivity index (χ4n) is 1.17. The highest BCUT2D eigenvalue weighted by molar-refractivity contribution is 6.44. The summed E-state index contributed by atoms with van der Waals surface area (Å²) in [7, 11) is -1.40. The highest BCUT2D eigenvalue weighted by Crippen LogP contribution is 2.10. The van der Waals surface area contributed by atoms with Gasteiger partial charge in [-0.15, -0.1) is 0 Å². The molecule has 2 nitrogen and oxygen atoms in total. The van der Waals surface area contributed by atoms with Crippen LogP contribution in [0.1, 0.15) is 41.5 Å². The highest BCUT2D eigenvalue weighted by Gasteiger charge is 2.16. The van der Waals surface area contributed by atoms with Crippen LogP contribution in [0.4, 0.5) is 0 Å². The molecule has 0 radical (unpaired) electrons. The van der Waals surface area contributed by atoms with Crippen molar-refractivity contribution in [1.29, 1.82) is 0 Å². The summed E-state index contributed by atoms with van der Waals surface area (Å²) in [5.41, 5.74) is 0. The second kappa shape index (κ2) is 8.31. The predicted molar refractivity (Wildman–Crippen MR) is 68.4 cm³/mol. The Labute approximate surface area is 97.2 Å². The zero-order valence-electron chi connectivity index (χ0n) is 11.2. The summed E-state index contributed by atoms with van der Waals surface area (Å²) in [5.74, 6) is 1.89. The predicted octanol–water partition coefficient (Wildman–Crippen LogP) is 3.21. The van der Waals surface area contributed by atoms with E-state index in [0.29, 0.717) is 17.8 Å². The minimum atomic E-state index is -1.40. The molecule has 0 bridgehead atoms. The zero-order chi connectivity index (χ0) is 11.8. The molecule has 0 amide bonds. The van der Waals surface area contributed by atoms with Crippen LogP contribution in [0.25, 0.3) is 0 Å². The molecule has 0 aromatic rings. The molecule has 92 valence electrons. The monoisotopic (exact) mass is 232 g/mol. The third-order valence-electron chi connectivity index (χ3n) is 1.89. The number of rotatable bonds is 8. The minimum absolute atomic E-state index is 0.606. The first-order valence-corrected chi connectivity index (χ1v) is 7.91. The normalized spacial score (nSPS) is 12.4. The van der Waals surface area contributed by atoms with Gasteiger partial charge in [-0.3, -0.25) is 0 Å². The van der Waals surface area contributed by atoms with E-state index in [1.807, 2.05) is 0 Å². The topological polar surface area (TPSA) is 18.5 Å². The average Bonchev–Trinajstić information content (AvgIpc) is 2.08. The number of hydrogen-bond acceptors (Lipinski definition) is 2. The quantitative estimate of drug-likeness (QED) is 0.598. The van der Waals surface area contributed by atoms with Crippen molar-refractivity contribution in [1.82, 2.24) is 0 Å². The summed E-state index contributed by atoms with van der Waals surface area (Å²) in [4.78, 5) is 0. The molecule has 0 saturated carbocycles. The molecule has 0 unspecified atom stereocenters. The molecule has 0 saturated heterocycles. The van der Waals surface area contributed by atoms with Crippen LogP contribution in [0.5, 0.6) is 0 Å². The van der Waals surface area contributed by atoms with E-state index >= 15 is 0 Å². The van der Waals surface area contributed by atoms with E-state index in [9.17, 15) is 0 Å². The lowest BCUT2D eigenvalue weighted by atomic mass is 10.2. The summed E-state index contributed by atoms with van der Waals surface area (Å²) in [5, 5.41) is 0. The molecule has 0 heterocycles. The van der Waals surface area contributed by atoms with Crippen molar-refractivity contribution in [3.8, 4) is 0 Å². The van der Waals surface area contributed by atoms with E-state index in [-0.39, 0.29) is 0 Å². The molecule has 0 aromatic heterocycles. The van der Waals surface area contributed by atoms with Gasteiger partial charge in [-0.05, 0) is 23.8 Å². The van der Waals surface area contributed by atoms with E-state index in [1.54, 1.807) is 0 Å². The molecule has 0 fully saturated rings. The first-order chi connectivity index (χ1) is 6.91. The third-order valence-corrected chi connectivity index (χ3v) is 4.35. The largest absolute Gasteiger partial charge is 0.396 e. The van der Waals surface area contributed by atoms with Gasteiger partial charge in [0.15, 0.2) is 0 Å². The summed E-state index contributed by atoms with van der Waals surface area (Å²) in [6.07, 6.45) is 0. The molecule has 0 N–H and O–H groups in total. The lowest BCUT2D eigenvalue weighted by Crippen LogP contribution is -2.28. The van der Waals surface area contributed by atoms with E-state index in [4.69, 9.17) is 8.85 Å². The Morgan fingerprint density at radius 3 is 1.40 bits per heavy atom. The molecule has 0 aromatic carbocycles. The Morgan fingerprint density at radius 1 is 0.733 bits per heavy atom. The van der Waals surface area contributed by atoms with Crippen molar-refractivity contribution in [3.05, 3.63) is 0 Å². The lowest BCUT2D eigenvalue weighted by molar-refractivity contribution is 0.160. The van der Waals surface area contributed by atoms with E-state index < -0.39 is 9.28 Å². The maximum absolute atomic E-state index is 5.88. The van der Waals surface area contributed by atoms with Gasteiger partial charge in [0.05, 0.1) is 0 Å². The molecule has 0 aliphatic carbocycles. The van der Waals surface area contributed by atoms with Crippen LogP contribution >= 0.6 is 0 Å². The van der Waals surface area contributed by atoms with Crippen LogP contribution in [0.2, 0.25) is 6.04 Å². The van der Waals surface area contributed by atoms with Crippen molar-refractivity contribution in [2.45, 2.75) is 47.6 Å². The Hall–Kier alpha value is 0.137. The Bertz CT molecular complexity index is 135. The van der Waals surface area contributed by atoms with Crippen molar-refractivity contribution < 1.29 is 8.85 Å². The van der Waals surface area contributed by atoms with Gasteiger partial charge in [-0.25, -0.2) is 0 Å². The third kappa shape index (κ3) is 10.4. The molecule has 3 heteroatoms. The Morgan fingerprint density at radius 2 is 1.13 bits per heavy atom. The fraction of sp³-hybridized carbons (Fsp3) is 1.00. The van der Waals surface area contributed by atoms with Gasteiger partial charge < -0.3 is 8.85 Å². The van der Waals surface area contributed by atoms with E-state index in [0.717, 1.165) is 19.3 Å². The van der Waals surface area contributed by atoms with Gasteiger partial charge in [-0.2, -0.15) is 0 Å². The van der Waals surface area contributed by atoms with Gasteiger partial charge in [0.25, 0.3) is 0 Å². The summed E-state index contributed by atoms with van der Waals surface area (Å²) >= 11 is 0. The fourth-order valence-corrected chi connectivity index (χ4v) is 3.51. The molecule has 0 aliphatic heterocycles. The van der Waals surface area contributed by atoms with Gasteiger partial charge in [0.1, 0.15) is 0 Å². The summed E-state index contributed by atoms with van der Waals surface area (Å²) in [6, 6.07) is 1.12. The molecule has 0 rings (SSSR count). The van der Waals surface area contributed by atoms with Crippen LogP contribution in [0, 0.1) is 17.8 Å². The lowest BCUT2D eigenvalue weighted by Gasteiger charge is -2.20. The van der Waals surface area contributed by atoms with Crippen molar-refractivity contribution >= 4 is 9.28 Å². The Balaban J connectivity index is 3.84. The van der Waals surface area contributed by atoms with Gasteiger partial charge in [-0.1, -0.05) is 41.5 Å². The van der Waals surface area contributed by atoms with Crippen molar-refractivity contribution in [2.75, 3.05) is 13.2 Å². The van der Waals surface area contributed by atoms with Crippen molar-refractivity contribution in [2.24, 2.45) is 17.8 Å². The molecular weight excluding hydrogens is 204 g/mol. The first kappa shape index (κ1) is 15.1. The minimum Gasteiger partial charge on any atom is -0.396 e. The number of hydrogen-bond donors (Lipinski definition) is 0. The molecule has 0 aliphatic rings. The van der Waals surface area contributed by atoms with Crippen LogP contribution < -0.4 is 0 Å². The summed E-state index contributed by atoms with van der Waals surface area (Å²) < 4.78 is 11.8. The highest BCUT2D eigenvalue weighted by atomic mass is 28.3. The van der Waals surface area contributed by atoms with Crippen LogP contribution in [-0.4, -0.2) is 22.5 Å². The molecule has 15 heavy (non-hydrogen) atoms. The van der Waals surface area contributed by atoms with Crippen LogP contribution in [0.15, 0.2) is 0 Å². The molecule has 0 spiro atoms. The standard InChI is InChI=1S/C12H28O2Si/c1-10(2)7-13-15(9-12(5)6)14-8-11(3)4/h10-12,15H,7-9H2,1-6H3. The van der Waals surface area contributed by atoms with Gasteiger partial charge >= 0.3 is 9.28 Å². The maximum atomic E-state index is 5.88. The average molecular weight is 232 g/mol. The van der Waals surface area contributed by atoms with Crippen molar-refractivity contribution in [3.63, 3.8) is 0 Å². The van der Waals surface area contributed by atoms with Gasteiger partial charge in [0, 0.05) is 13.2 Å². The van der Waals surface area contributed by atoms with Crippen LogP contribution in [0.3, 0.4) is 0 Å². The SMILES string of the molecule is CC(C)CO[SiH](CC(C)C)OCC(C)C. The zero-order valence-corrected chi connectivity index (χ0v) is 12.4. The molecular formula is C12H28O2Si. The Kier molecular flexibility index (Phi) is 8.38.